The zero-order chi connectivity index (χ0) is 38.1. The van der Waals surface area contributed by atoms with Crippen molar-refractivity contribution in [2.45, 2.75) is 23.5 Å². The molecule has 1 saturated heterocycles. The number of anilines is 1. The summed E-state index contributed by atoms with van der Waals surface area (Å²) >= 11 is 3.71. The van der Waals surface area contributed by atoms with Crippen LogP contribution >= 0.6 is 34.6 Å². The van der Waals surface area contributed by atoms with E-state index in [1.165, 1.54) is 39.1 Å². The van der Waals surface area contributed by atoms with Crippen molar-refractivity contribution in [1.82, 2.24) is 24.1 Å². The molecule has 0 bridgehead atoms. The van der Waals surface area contributed by atoms with Gasteiger partial charge in [-0.3, -0.25) is 23.2 Å². The number of aromatic nitrogens is 3. The van der Waals surface area contributed by atoms with Crippen LogP contribution in [0.1, 0.15) is 22.4 Å². The highest BCUT2D eigenvalue weighted by molar-refractivity contribution is 8.00. The topological polar surface area (TPSA) is 168 Å². The van der Waals surface area contributed by atoms with Gasteiger partial charge in [0, 0.05) is 17.3 Å². The SMILES string of the molecule is CON=C(C(=O)N[C@@H]1C(=O)N2C(C(=O)O)=C(Cn3sc4ncccc4c3=O)CS[C@H]12)c1csc(NC(c2ccccc2)(c2ccccc2)c2ccccc2)n1. The second-order valence-corrected chi connectivity index (χ2v) is 15.5. The van der Waals surface area contributed by atoms with Gasteiger partial charge in [-0.2, -0.15) is 0 Å². The lowest BCUT2D eigenvalue weighted by Crippen LogP contribution is -2.71. The highest BCUT2D eigenvalue weighted by Crippen LogP contribution is 2.42. The molecule has 2 amide bonds. The standard InChI is InChI=1S/C39H31N7O6S3/c1-52-44-29(28-22-54-38(41-28)43-39(24-12-5-2-6-13-24,25-14-7-3-8-15-25)26-16-9-4-10-17-26)32(47)42-30-35(49)46-31(37(50)51)23(21-53-36(30)46)20-45-34(48)27-18-11-19-40-33(27)55-45/h2-19,22,30,36H,20-21H2,1H3,(H,41,43)(H,42,47)(H,50,51)/t30-,36-/m1/s1. The Bertz CT molecular complexity index is 2440. The summed E-state index contributed by atoms with van der Waals surface area (Å²) in [4.78, 5) is 68.7. The second kappa shape index (κ2) is 15.0. The number of oxime groups is 1. The summed E-state index contributed by atoms with van der Waals surface area (Å²) < 4.78 is 1.44. The molecule has 2 aliphatic rings. The predicted octanol–water partition coefficient (Wildman–Crippen LogP) is 5.11. The molecule has 2 aliphatic heterocycles. The number of carbonyl (C=O) groups excluding carboxylic acids is 2. The lowest BCUT2D eigenvalue weighted by Gasteiger charge is -2.49. The molecule has 276 valence electrons. The van der Waals surface area contributed by atoms with Crippen LogP contribution in [0.4, 0.5) is 5.13 Å². The first-order valence-corrected chi connectivity index (χ1v) is 19.7. The van der Waals surface area contributed by atoms with Crippen LogP contribution in [0.2, 0.25) is 0 Å². The van der Waals surface area contributed by atoms with Gasteiger partial charge in [-0.25, -0.2) is 14.8 Å². The Morgan fingerprint density at radius 1 is 0.945 bits per heavy atom. The van der Waals surface area contributed by atoms with Crippen LogP contribution in [0, 0.1) is 0 Å². The van der Waals surface area contributed by atoms with E-state index in [1.807, 2.05) is 91.0 Å². The molecule has 1 fully saturated rings. The molecular weight excluding hydrogens is 759 g/mol. The third-order valence-corrected chi connectivity index (χ3v) is 12.5. The van der Waals surface area contributed by atoms with E-state index in [1.54, 1.807) is 23.7 Å². The van der Waals surface area contributed by atoms with Crippen LogP contribution in [0.25, 0.3) is 10.2 Å². The highest BCUT2D eigenvalue weighted by atomic mass is 32.2. The predicted molar refractivity (Wildman–Crippen MR) is 212 cm³/mol. The molecule has 3 aromatic heterocycles. The van der Waals surface area contributed by atoms with E-state index in [4.69, 9.17) is 9.82 Å². The van der Waals surface area contributed by atoms with Crippen molar-refractivity contribution < 1.29 is 24.3 Å². The molecule has 3 N–H and O–H groups in total. The van der Waals surface area contributed by atoms with Crippen LogP contribution in [0.15, 0.2) is 136 Å². The Kier molecular flexibility index (Phi) is 9.77. The Balaban J connectivity index is 1.05. The number of thiazole rings is 1. The lowest BCUT2D eigenvalue weighted by molar-refractivity contribution is -0.150. The summed E-state index contributed by atoms with van der Waals surface area (Å²) in [7, 11) is 1.31. The van der Waals surface area contributed by atoms with Gasteiger partial charge in [0.25, 0.3) is 17.4 Å². The van der Waals surface area contributed by atoms with Crippen LogP contribution < -0.4 is 16.2 Å². The summed E-state index contributed by atoms with van der Waals surface area (Å²) in [5, 5.41) is 22.6. The number of amides is 2. The first-order valence-electron chi connectivity index (χ1n) is 17.0. The van der Waals surface area contributed by atoms with Crippen molar-refractivity contribution in [1.29, 1.82) is 0 Å². The van der Waals surface area contributed by atoms with Gasteiger partial charge in [0.15, 0.2) is 10.8 Å². The van der Waals surface area contributed by atoms with E-state index in [9.17, 15) is 24.3 Å². The summed E-state index contributed by atoms with van der Waals surface area (Å²) in [6.07, 6.45) is 1.58. The Labute approximate surface area is 326 Å². The first-order chi connectivity index (χ1) is 26.8. The molecule has 6 aromatic rings. The maximum absolute atomic E-state index is 13.8. The van der Waals surface area contributed by atoms with Crippen molar-refractivity contribution in [2.75, 3.05) is 18.2 Å². The number of β-lactam (4-membered cyclic amide) rings is 1. The number of carboxylic acids is 1. The number of rotatable bonds is 12. The Morgan fingerprint density at radius 3 is 2.16 bits per heavy atom. The maximum Gasteiger partial charge on any atom is 0.352 e. The number of benzene rings is 3. The average Bonchev–Trinajstić information content (AvgIpc) is 3.81. The summed E-state index contributed by atoms with van der Waals surface area (Å²) in [6.45, 7) is -0.00698. The maximum atomic E-state index is 13.8. The number of hydrogen-bond acceptors (Lipinski definition) is 12. The largest absolute Gasteiger partial charge is 0.477 e. The molecule has 8 rings (SSSR count). The number of nitrogens with one attached hydrogen (secondary N) is 2. The van der Waals surface area contributed by atoms with E-state index in [0.29, 0.717) is 20.9 Å². The van der Waals surface area contributed by atoms with Crippen molar-refractivity contribution in [2.24, 2.45) is 5.16 Å². The van der Waals surface area contributed by atoms with E-state index in [-0.39, 0.29) is 35.0 Å². The quantitative estimate of drug-likeness (QED) is 0.0657. The fourth-order valence-electron chi connectivity index (χ4n) is 6.88. The minimum atomic E-state index is -1.30. The van der Waals surface area contributed by atoms with Gasteiger partial charge in [-0.1, -0.05) is 96.2 Å². The molecule has 16 heteroatoms. The van der Waals surface area contributed by atoms with Crippen molar-refractivity contribution in [3.05, 3.63) is 159 Å². The fourth-order valence-corrected chi connectivity index (χ4v) is 9.93. The van der Waals surface area contributed by atoms with Gasteiger partial charge >= 0.3 is 5.97 Å². The van der Waals surface area contributed by atoms with Crippen molar-refractivity contribution in [3.8, 4) is 0 Å². The average molecular weight is 790 g/mol. The number of hydrogen-bond donors (Lipinski definition) is 3. The number of pyridine rings is 1. The van der Waals surface area contributed by atoms with Crippen LogP contribution in [0.3, 0.4) is 0 Å². The molecule has 2 atom stereocenters. The molecule has 13 nitrogen and oxygen atoms in total. The lowest BCUT2D eigenvalue weighted by atomic mass is 9.77. The monoisotopic (exact) mass is 789 g/mol. The summed E-state index contributed by atoms with van der Waals surface area (Å²) in [5.74, 6) is -2.38. The molecule has 0 radical (unpaired) electrons. The van der Waals surface area contributed by atoms with E-state index in [2.05, 4.69) is 20.8 Å². The second-order valence-electron chi connectivity index (χ2n) is 12.5. The Hall–Kier alpha value is -6.10. The Morgan fingerprint density at radius 2 is 1.58 bits per heavy atom. The normalized spacial score (nSPS) is 17.1. The number of carbonyl (C=O) groups is 3. The fraction of sp³-hybridized carbons (Fsp3) is 0.154. The molecule has 0 unspecified atom stereocenters. The molecule has 0 saturated carbocycles. The van der Waals surface area contributed by atoms with E-state index in [0.717, 1.165) is 28.2 Å². The number of nitrogens with zero attached hydrogens (tertiary/aromatic N) is 5. The van der Waals surface area contributed by atoms with Crippen LogP contribution in [-0.2, 0) is 31.3 Å². The molecule has 0 spiro atoms. The van der Waals surface area contributed by atoms with Crippen LogP contribution in [-0.4, -0.2) is 71.7 Å². The highest BCUT2D eigenvalue weighted by Gasteiger charge is 2.54. The molecule has 3 aromatic carbocycles. The molecular formula is C39H31N7O6S3. The molecule has 55 heavy (non-hydrogen) atoms. The third kappa shape index (κ3) is 6.47. The first kappa shape index (κ1) is 35.9. The van der Waals surface area contributed by atoms with Crippen molar-refractivity contribution >= 4 is 73.5 Å². The van der Waals surface area contributed by atoms with Gasteiger partial charge < -0.3 is 20.6 Å². The molecule has 5 heterocycles. The van der Waals surface area contributed by atoms with Gasteiger partial charge in [-0.05, 0) is 45.9 Å². The summed E-state index contributed by atoms with van der Waals surface area (Å²) in [5.41, 5.74) is 2.02. The number of aliphatic carboxylic acids is 1. The number of thioether (sulfide) groups is 1. The zero-order valence-electron chi connectivity index (χ0n) is 29.0. The van der Waals surface area contributed by atoms with Gasteiger partial charge in [0.1, 0.15) is 40.3 Å². The number of carboxylic acid groups (broad SMARTS) is 1. The molecule has 0 aliphatic carbocycles. The zero-order valence-corrected chi connectivity index (χ0v) is 31.4. The summed E-state index contributed by atoms with van der Waals surface area (Å²) in [6, 6.07) is 32.3. The van der Waals surface area contributed by atoms with Gasteiger partial charge in [0.2, 0.25) is 0 Å². The number of fused-ring (bicyclic) bond motifs is 2. The van der Waals surface area contributed by atoms with E-state index < -0.39 is 34.7 Å². The third-order valence-electron chi connectivity index (χ3n) is 9.35. The van der Waals surface area contributed by atoms with Crippen molar-refractivity contribution in [3.63, 3.8) is 0 Å². The minimum absolute atomic E-state index is 0.00698. The van der Waals surface area contributed by atoms with Gasteiger partial charge in [0.05, 0.1) is 11.9 Å². The minimum Gasteiger partial charge on any atom is -0.477 e. The van der Waals surface area contributed by atoms with Gasteiger partial charge in [-0.15, -0.1) is 23.1 Å². The smallest absolute Gasteiger partial charge is 0.352 e. The van der Waals surface area contributed by atoms with E-state index >= 15 is 0 Å². The van der Waals surface area contributed by atoms with Crippen LogP contribution in [0.5, 0.6) is 0 Å².